The summed E-state index contributed by atoms with van der Waals surface area (Å²) in [4.78, 5) is 22.8. The highest BCUT2D eigenvalue weighted by Gasteiger charge is 2.18. The van der Waals surface area contributed by atoms with Crippen LogP contribution in [-0.2, 0) is 4.74 Å². The molecule has 1 amide bonds. The molecular formula is C16H16N6O2S. The van der Waals surface area contributed by atoms with Crippen LogP contribution in [0, 0.1) is 4.77 Å². The lowest BCUT2D eigenvalue weighted by atomic mass is 10.1. The van der Waals surface area contributed by atoms with E-state index >= 15 is 0 Å². The monoisotopic (exact) mass is 356 g/mol. The summed E-state index contributed by atoms with van der Waals surface area (Å²) in [5.41, 5.74) is 2.09. The van der Waals surface area contributed by atoms with Crippen LogP contribution < -0.4 is 5.32 Å². The van der Waals surface area contributed by atoms with E-state index < -0.39 is 0 Å². The van der Waals surface area contributed by atoms with Crippen molar-refractivity contribution < 1.29 is 9.53 Å². The van der Waals surface area contributed by atoms with E-state index in [1.807, 2.05) is 12.1 Å². The first-order valence-electron chi connectivity index (χ1n) is 7.88. The molecule has 1 fully saturated rings. The number of amides is 1. The standard InChI is InChI=1S/C16H16N6O2S/c23-15(21-7-9-24-10-8-21)11-1-3-12(4-2-11)18-13-14-17-5-6-22(14)20-16(25)19-13/h1-6H,7-10H2,(H2,18,19,20,25). The van der Waals surface area contributed by atoms with Gasteiger partial charge in [-0.15, -0.1) is 0 Å². The fraction of sp³-hybridized carbons (Fsp3) is 0.250. The Morgan fingerprint density at radius 2 is 2.00 bits per heavy atom. The Morgan fingerprint density at radius 3 is 2.76 bits per heavy atom. The van der Waals surface area contributed by atoms with E-state index in [4.69, 9.17) is 17.0 Å². The van der Waals surface area contributed by atoms with E-state index in [2.05, 4.69) is 20.4 Å². The first-order chi connectivity index (χ1) is 12.2. The molecule has 8 nitrogen and oxygen atoms in total. The second-order valence-electron chi connectivity index (χ2n) is 5.61. The van der Waals surface area contributed by atoms with Gasteiger partial charge < -0.3 is 15.0 Å². The number of nitrogens with zero attached hydrogens (tertiary/aromatic N) is 4. The number of anilines is 2. The van der Waals surface area contributed by atoms with Gasteiger partial charge in [-0.1, -0.05) is 0 Å². The Bertz CT molecular complexity index is 959. The Balaban J connectivity index is 1.55. The van der Waals surface area contributed by atoms with Crippen LogP contribution in [0.3, 0.4) is 0 Å². The Labute approximate surface area is 148 Å². The zero-order chi connectivity index (χ0) is 17.2. The number of rotatable bonds is 3. The number of ether oxygens (including phenoxy) is 1. The maximum Gasteiger partial charge on any atom is 0.254 e. The van der Waals surface area contributed by atoms with Crippen LogP contribution in [0.4, 0.5) is 11.5 Å². The molecule has 128 valence electrons. The zero-order valence-electron chi connectivity index (χ0n) is 13.3. The highest BCUT2D eigenvalue weighted by atomic mass is 32.1. The number of aromatic nitrogens is 4. The average Bonchev–Trinajstić information content (AvgIpc) is 3.11. The Morgan fingerprint density at radius 1 is 1.24 bits per heavy atom. The van der Waals surface area contributed by atoms with Gasteiger partial charge in [0.25, 0.3) is 5.91 Å². The van der Waals surface area contributed by atoms with Crippen LogP contribution in [0.25, 0.3) is 5.65 Å². The van der Waals surface area contributed by atoms with Crippen molar-refractivity contribution in [2.45, 2.75) is 0 Å². The number of fused-ring (bicyclic) bond motifs is 1. The lowest BCUT2D eigenvalue weighted by molar-refractivity contribution is 0.0303. The third-order valence-corrected chi connectivity index (χ3v) is 4.16. The lowest BCUT2D eigenvalue weighted by Gasteiger charge is -2.26. The molecule has 1 aliphatic heterocycles. The van der Waals surface area contributed by atoms with E-state index in [1.54, 1.807) is 33.9 Å². The molecule has 0 unspecified atom stereocenters. The summed E-state index contributed by atoms with van der Waals surface area (Å²) in [5, 5.41) is 6.11. The van der Waals surface area contributed by atoms with Crippen molar-refractivity contribution in [2.75, 3.05) is 31.6 Å². The topological polar surface area (TPSA) is 87.5 Å². The first-order valence-corrected chi connectivity index (χ1v) is 8.29. The molecule has 1 saturated heterocycles. The molecule has 1 aliphatic rings. The minimum atomic E-state index is 0.0192. The first kappa shape index (κ1) is 15.7. The number of aromatic amines is 1. The number of carbonyl (C=O) groups is 1. The molecule has 0 bridgehead atoms. The molecule has 1 aromatic carbocycles. The van der Waals surface area contributed by atoms with Gasteiger partial charge in [-0.3, -0.25) is 9.89 Å². The van der Waals surface area contributed by atoms with Crippen molar-refractivity contribution in [3.8, 4) is 0 Å². The van der Waals surface area contributed by atoms with Gasteiger partial charge in [0.1, 0.15) is 0 Å². The Kier molecular flexibility index (Phi) is 4.16. The molecule has 0 atom stereocenters. The summed E-state index contributed by atoms with van der Waals surface area (Å²) in [6, 6.07) is 7.28. The highest BCUT2D eigenvalue weighted by Crippen LogP contribution is 2.19. The number of hydrogen-bond donors (Lipinski definition) is 2. The predicted molar refractivity (Wildman–Crippen MR) is 94.6 cm³/mol. The van der Waals surface area contributed by atoms with Crippen LogP contribution in [-0.4, -0.2) is 56.7 Å². The largest absolute Gasteiger partial charge is 0.378 e. The third-order valence-electron chi connectivity index (χ3n) is 3.97. The van der Waals surface area contributed by atoms with E-state index in [9.17, 15) is 4.79 Å². The van der Waals surface area contributed by atoms with E-state index in [1.165, 1.54) is 0 Å². The second kappa shape index (κ2) is 6.61. The minimum absolute atomic E-state index is 0.0192. The maximum atomic E-state index is 12.5. The molecular weight excluding hydrogens is 340 g/mol. The van der Waals surface area contributed by atoms with Crippen molar-refractivity contribution in [2.24, 2.45) is 0 Å². The van der Waals surface area contributed by atoms with Gasteiger partial charge in [-0.2, -0.15) is 4.98 Å². The van der Waals surface area contributed by atoms with Gasteiger partial charge >= 0.3 is 0 Å². The quantitative estimate of drug-likeness (QED) is 0.698. The van der Waals surface area contributed by atoms with Crippen molar-refractivity contribution in [3.63, 3.8) is 0 Å². The van der Waals surface area contributed by atoms with Crippen LogP contribution in [0.2, 0.25) is 0 Å². The number of hydrogen-bond acceptors (Lipinski definition) is 6. The average molecular weight is 356 g/mol. The summed E-state index contributed by atoms with van der Waals surface area (Å²) < 4.78 is 7.34. The van der Waals surface area contributed by atoms with Crippen molar-refractivity contribution in [1.29, 1.82) is 0 Å². The normalized spacial score (nSPS) is 14.6. The molecule has 9 heteroatoms. The summed E-state index contributed by atoms with van der Waals surface area (Å²) in [7, 11) is 0. The number of morpholine rings is 1. The van der Waals surface area contributed by atoms with Crippen molar-refractivity contribution in [3.05, 3.63) is 47.0 Å². The zero-order valence-corrected chi connectivity index (χ0v) is 14.1. The van der Waals surface area contributed by atoms with Gasteiger partial charge in [-0.25, -0.2) is 9.50 Å². The molecule has 0 saturated carbocycles. The van der Waals surface area contributed by atoms with Gasteiger partial charge in [0.15, 0.2) is 11.5 Å². The van der Waals surface area contributed by atoms with E-state index in [0.29, 0.717) is 48.1 Å². The van der Waals surface area contributed by atoms with Gasteiger partial charge in [0.05, 0.1) is 13.2 Å². The molecule has 3 heterocycles. The van der Waals surface area contributed by atoms with Gasteiger partial charge in [0.2, 0.25) is 4.77 Å². The van der Waals surface area contributed by atoms with Crippen molar-refractivity contribution in [1.82, 2.24) is 24.5 Å². The third kappa shape index (κ3) is 3.24. The van der Waals surface area contributed by atoms with Crippen LogP contribution in [0.5, 0.6) is 0 Å². The van der Waals surface area contributed by atoms with Crippen molar-refractivity contribution >= 4 is 35.3 Å². The highest BCUT2D eigenvalue weighted by molar-refractivity contribution is 7.71. The lowest BCUT2D eigenvalue weighted by Crippen LogP contribution is -2.40. The summed E-state index contributed by atoms with van der Waals surface area (Å²) in [6.07, 6.45) is 3.43. The second-order valence-corrected chi connectivity index (χ2v) is 5.99. The van der Waals surface area contributed by atoms with Crippen LogP contribution in [0.15, 0.2) is 36.7 Å². The van der Waals surface area contributed by atoms with Crippen LogP contribution >= 0.6 is 12.2 Å². The molecule has 0 aliphatic carbocycles. The number of carbonyl (C=O) groups excluding carboxylic acids is 1. The molecule has 3 aromatic rings. The fourth-order valence-electron chi connectivity index (χ4n) is 2.71. The number of benzene rings is 1. The number of H-pyrrole nitrogens is 1. The molecule has 4 rings (SSSR count). The summed E-state index contributed by atoms with van der Waals surface area (Å²) in [6.45, 7) is 2.43. The fourth-order valence-corrected chi connectivity index (χ4v) is 2.90. The van der Waals surface area contributed by atoms with Gasteiger partial charge in [0, 0.05) is 36.7 Å². The molecule has 0 spiro atoms. The molecule has 2 N–H and O–H groups in total. The molecule has 25 heavy (non-hydrogen) atoms. The number of imidazole rings is 1. The van der Waals surface area contributed by atoms with Crippen LogP contribution in [0.1, 0.15) is 10.4 Å². The molecule has 0 radical (unpaired) electrons. The van der Waals surface area contributed by atoms with E-state index in [-0.39, 0.29) is 5.91 Å². The maximum absolute atomic E-state index is 12.5. The minimum Gasteiger partial charge on any atom is -0.378 e. The smallest absolute Gasteiger partial charge is 0.254 e. The molecule has 2 aromatic heterocycles. The Hall–Kier alpha value is -2.78. The SMILES string of the molecule is O=C(c1ccc(Nc2nc(=S)[nH]n3ccnc23)cc1)N1CCOCC1. The predicted octanol–water partition coefficient (Wildman–Crippen LogP) is 2.00. The summed E-state index contributed by atoms with van der Waals surface area (Å²) >= 11 is 5.12. The van der Waals surface area contributed by atoms with E-state index in [0.717, 1.165) is 5.69 Å². The number of nitrogens with one attached hydrogen (secondary N) is 2. The summed E-state index contributed by atoms with van der Waals surface area (Å²) in [5.74, 6) is 0.576. The van der Waals surface area contributed by atoms with Gasteiger partial charge in [-0.05, 0) is 36.5 Å².